The fraction of sp³-hybridized carbons (Fsp3) is 0.588. The third kappa shape index (κ3) is 3.91. The second-order valence-corrected chi connectivity index (χ2v) is 6.68. The number of morpholine rings is 1. The van der Waals surface area contributed by atoms with Gasteiger partial charge in [-0.2, -0.15) is 0 Å². The zero-order chi connectivity index (χ0) is 18.0. The summed E-state index contributed by atoms with van der Waals surface area (Å²) in [4.78, 5) is 29.7. The van der Waals surface area contributed by atoms with E-state index >= 15 is 0 Å². The Morgan fingerprint density at radius 1 is 1.24 bits per heavy atom. The minimum absolute atomic E-state index is 0.00305. The molecule has 25 heavy (non-hydrogen) atoms. The average molecular weight is 348 g/mol. The highest BCUT2D eigenvalue weighted by Gasteiger charge is 2.27. The maximum absolute atomic E-state index is 12.7. The first-order chi connectivity index (χ1) is 12.0. The SMILES string of the molecule is C[C@H]1CN(C(=O)c2ccc(N3CCN(C)CC3)c([N+](=O)[O-])c2)CCO1. The largest absolute Gasteiger partial charge is 0.375 e. The van der Waals surface area contributed by atoms with E-state index in [1.54, 1.807) is 17.0 Å². The van der Waals surface area contributed by atoms with Crippen LogP contribution in [0, 0.1) is 10.1 Å². The molecule has 8 heteroatoms. The Balaban J connectivity index is 1.83. The molecule has 1 aromatic carbocycles. The molecule has 0 spiro atoms. The van der Waals surface area contributed by atoms with E-state index in [9.17, 15) is 14.9 Å². The van der Waals surface area contributed by atoms with Crippen molar-refractivity contribution in [3.63, 3.8) is 0 Å². The smallest absolute Gasteiger partial charge is 0.293 e. The zero-order valence-electron chi connectivity index (χ0n) is 14.7. The predicted molar refractivity (Wildman–Crippen MR) is 94.1 cm³/mol. The van der Waals surface area contributed by atoms with Gasteiger partial charge in [-0.25, -0.2) is 0 Å². The van der Waals surface area contributed by atoms with E-state index in [0.29, 0.717) is 30.9 Å². The van der Waals surface area contributed by atoms with Crippen LogP contribution >= 0.6 is 0 Å². The number of hydrogen-bond donors (Lipinski definition) is 0. The van der Waals surface area contributed by atoms with Gasteiger partial charge in [0.05, 0.1) is 17.6 Å². The van der Waals surface area contributed by atoms with Crippen molar-refractivity contribution < 1.29 is 14.5 Å². The number of hydrogen-bond acceptors (Lipinski definition) is 6. The van der Waals surface area contributed by atoms with Gasteiger partial charge in [0.15, 0.2) is 0 Å². The third-order valence-corrected chi connectivity index (χ3v) is 4.79. The molecule has 0 N–H and O–H groups in total. The number of anilines is 1. The molecular formula is C17H24N4O4. The number of ether oxygens (including phenoxy) is 1. The number of carbonyl (C=O) groups excluding carboxylic acids is 1. The molecule has 0 bridgehead atoms. The second kappa shape index (κ2) is 7.37. The van der Waals surface area contributed by atoms with Gasteiger partial charge >= 0.3 is 0 Å². The van der Waals surface area contributed by atoms with Gasteiger partial charge in [-0.05, 0) is 26.1 Å². The molecule has 2 aliphatic rings. The van der Waals surface area contributed by atoms with Crippen LogP contribution in [0.1, 0.15) is 17.3 Å². The monoisotopic (exact) mass is 348 g/mol. The summed E-state index contributed by atoms with van der Waals surface area (Å²) in [5.74, 6) is -0.178. The summed E-state index contributed by atoms with van der Waals surface area (Å²) < 4.78 is 5.45. The highest BCUT2D eigenvalue weighted by molar-refractivity contribution is 5.96. The Morgan fingerprint density at radius 3 is 2.60 bits per heavy atom. The van der Waals surface area contributed by atoms with Crippen LogP contribution in [0.3, 0.4) is 0 Å². The molecule has 0 unspecified atom stereocenters. The highest BCUT2D eigenvalue weighted by atomic mass is 16.6. The molecule has 2 heterocycles. The summed E-state index contributed by atoms with van der Waals surface area (Å²) >= 11 is 0. The number of piperazine rings is 1. The van der Waals surface area contributed by atoms with Crippen molar-refractivity contribution in [2.45, 2.75) is 13.0 Å². The Kier molecular flexibility index (Phi) is 5.19. The lowest BCUT2D eigenvalue weighted by Crippen LogP contribution is -2.45. The Bertz CT molecular complexity index is 658. The highest BCUT2D eigenvalue weighted by Crippen LogP contribution is 2.30. The number of nitro benzene ring substituents is 1. The first-order valence-corrected chi connectivity index (χ1v) is 8.58. The van der Waals surface area contributed by atoms with Crippen LogP contribution in [0.15, 0.2) is 18.2 Å². The number of nitrogens with zero attached hydrogens (tertiary/aromatic N) is 4. The number of rotatable bonds is 3. The van der Waals surface area contributed by atoms with Crippen LogP contribution < -0.4 is 4.90 Å². The quantitative estimate of drug-likeness (QED) is 0.603. The predicted octanol–water partition coefficient (Wildman–Crippen LogP) is 1.21. The Morgan fingerprint density at radius 2 is 1.96 bits per heavy atom. The molecule has 1 amide bonds. The van der Waals surface area contributed by atoms with E-state index < -0.39 is 4.92 Å². The lowest BCUT2D eigenvalue weighted by molar-refractivity contribution is -0.384. The van der Waals surface area contributed by atoms with Crippen LogP contribution in [-0.2, 0) is 4.74 Å². The number of benzene rings is 1. The molecule has 2 fully saturated rings. The van der Waals surface area contributed by atoms with Gasteiger partial charge in [0, 0.05) is 50.9 Å². The third-order valence-electron chi connectivity index (χ3n) is 4.79. The van der Waals surface area contributed by atoms with E-state index in [2.05, 4.69) is 4.90 Å². The van der Waals surface area contributed by atoms with Crippen LogP contribution in [0.4, 0.5) is 11.4 Å². The Hall–Kier alpha value is -2.19. The summed E-state index contributed by atoms with van der Waals surface area (Å²) in [5.41, 5.74) is 0.945. The number of carbonyl (C=O) groups is 1. The molecule has 136 valence electrons. The molecule has 1 atom stereocenters. The van der Waals surface area contributed by atoms with Gasteiger partial charge in [0.2, 0.25) is 0 Å². The average Bonchev–Trinajstić information content (AvgIpc) is 2.61. The molecule has 0 aromatic heterocycles. The molecule has 2 aliphatic heterocycles. The summed E-state index contributed by atoms with van der Waals surface area (Å²) in [7, 11) is 2.04. The second-order valence-electron chi connectivity index (χ2n) is 6.68. The summed E-state index contributed by atoms with van der Waals surface area (Å²) in [5, 5.41) is 11.6. The van der Waals surface area contributed by atoms with Crippen LogP contribution in [0.5, 0.6) is 0 Å². The molecule has 0 aliphatic carbocycles. The summed E-state index contributed by atoms with van der Waals surface area (Å²) in [6, 6.07) is 4.82. The van der Waals surface area contributed by atoms with E-state index in [4.69, 9.17) is 4.74 Å². The van der Waals surface area contributed by atoms with Gasteiger partial charge < -0.3 is 19.4 Å². The maximum atomic E-state index is 12.7. The van der Waals surface area contributed by atoms with Crippen molar-refractivity contribution in [2.75, 3.05) is 57.8 Å². The first kappa shape index (κ1) is 17.6. The number of likely N-dealkylation sites (N-methyl/N-ethyl adjacent to an activating group) is 1. The van der Waals surface area contributed by atoms with E-state index in [-0.39, 0.29) is 17.7 Å². The molecule has 0 radical (unpaired) electrons. The van der Waals surface area contributed by atoms with Gasteiger partial charge in [0.25, 0.3) is 11.6 Å². The maximum Gasteiger partial charge on any atom is 0.293 e. The minimum Gasteiger partial charge on any atom is -0.375 e. The zero-order valence-corrected chi connectivity index (χ0v) is 14.7. The first-order valence-electron chi connectivity index (χ1n) is 8.58. The van der Waals surface area contributed by atoms with Crippen molar-refractivity contribution in [1.29, 1.82) is 0 Å². The van der Waals surface area contributed by atoms with Crippen LogP contribution in [-0.4, -0.2) is 79.7 Å². The molecular weight excluding hydrogens is 324 g/mol. The lowest BCUT2D eigenvalue weighted by Gasteiger charge is -2.34. The Labute approximate surface area is 147 Å². The van der Waals surface area contributed by atoms with Crippen molar-refractivity contribution in [1.82, 2.24) is 9.80 Å². The molecule has 3 rings (SSSR count). The van der Waals surface area contributed by atoms with Crippen LogP contribution in [0.25, 0.3) is 0 Å². The lowest BCUT2D eigenvalue weighted by atomic mass is 10.1. The van der Waals surface area contributed by atoms with E-state index in [1.165, 1.54) is 6.07 Å². The fourth-order valence-electron chi connectivity index (χ4n) is 3.30. The van der Waals surface area contributed by atoms with Crippen LogP contribution in [0.2, 0.25) is 0 Å². The van der Waals surface area contributed by atoms with Crippen molar-refractivity contribution >= 4 is 17.3 Å². The molecule has 0 saturated carbocycles. The summed E-state index contributed by atoms with van der Waals surface area (Å²) in [6.07, 6.45) is -0.0164. The standard InChI is InChI=1S/C17H24N4O4/c1-13-12-20(9-10-25-13)17(22)14-3-4-15(16(11-14)21(23)24)19-7-5-18(2)6-8-19/h3-4,11,13H,5-10,12H2,1-2H3/t13-/m0/s1. The molecule has 8 nitrogen and oxygen atoms in total. The van der Waals surface area contributed by atoms with Gasteiger partial charge in [-0.3, -0.25) is 14.9 Å². The van der Waals surface area contributed by atoms with E-state index in [1.807, 2.05) is 18.9 Å². The van der Waals surface area contributed by atoms with Gasteiger partial charge in [-0.1, -0.05) is 0 Å². The number of nitro groups is 1. The van der Waals surface area contributed by atoms with E-state index in [0.717, 1.165) is 26.2 Å². The summed E-state index contributed by atoms with van der Waals surface area (Å²) in [6.45, 7) is 6.64. The normalized spacial score (nSPS) is 22.1. The topological polar surface area (TPSA) is 79.2 Å². The van der Waals surface area contributed by atoms with Crippen molar-refractivity contribution in [3.8, 4) is 0 Å². The molecule has 1 aromatic rings. The van der Waals surface area contributed by atoms with Gasteiger partial charge in [-0.15, -0.1) is 0 Å². The minimum atomic E-state index is -0.396. The number of amides is 1. The van der Waals surface area contributed by atoms with Crippen molar-refractivity contribution in [2.24, 2.45) is 0 Å². The fourth-order valence-corrected chi connectivity index (χ4v) is 3.30. The van der Waals surface area contributed by atoms with Crippen molar-refractivity contribution in [3.05, 3.63) is 33.9 Å². The molecule has 2 saturated heterocycles. The van der Waals surface area contributed by atoms with Gasteiger partial charge in [0.1, 0.15) is 5.69 Å².